The first-order chi connectivity index (χ1) is 9.08. The van der Waals surface area contributed by atoms with Crippen LogP contribution in [0.2, 0.25) is 0 Å². The maximum absolute atomic E-state index is 12.4. The van der Waals surface area contributed by atoms with Gasteiger partial charge in [0.1, 0.15) is 0 Å². The second-order valence-electron chi connectivity index (χ2n) is 5.79. The molecule has 1 rings (SSSR count). The quantitative estimate of drug-likeness (QED) is 0.800. The minimum absolute atomic E-state index is 0.00793. The van der Waals surface area contributed by atoms with E-state index in [0.29, 0.717) is 5.69 Å². The molecule has 112 valence electrons. The molecule has 0 radical (unpaired) electrons. The van der Waals surface area contributed by atoms with Crippen molar-refractivity contribution in [2.24, 2.45) is 5.41 Å². The SMILES string of the molecule is COC(=O)c1ccccc1N(C)S(=O)(=O)CC(C)(C)C. The van der Waals surface area contributed by atoms with E-state index in [1.54, 1.807) is 24.3 Å². The van der Waals surface area contributed by atoms with Crippen molar-refractivity contribution in [3.8, 4) is 0 Å². The van der Waals surface area contributed by atoms with Gasteiger partial charge < -0.3 is 4.74 Å². The fourth-order valence-corrected chi connectivity index (χ4v) is 3.57. The van der Waals surface area contributed by atoms with Crippen LogP contribution in [0.25, 0.3) is 0 Å². The van der Waals surface area contributed by atoms with E-state index in [0.717, 1.165) is 4.31 Å². The van der Waals surface area contributed by atoms with Crippen molar-refractivity contribution in [1.82, 2.24) is 0 Å². The topological polar surface area (TPSA) is 63.7 Å². The summed E-state index contributed by atoms with van der Waals surface area (Å²) in [7, 11) is -0.796. The van der Waals surface area contributed by atoms with Gasteiger partial charge in [-0.3, -0.25) is 4.31 Å². The van der Waals surface area contributed by atoms with Crippen molar-refractivity contribution in [3.63, 3.8) is 0 Å². The van der Waals surface area contributed by atoms with Gasteiger partial charge in [-0.2, -0.15) is 0 Å². The van der Waals surface area contributed by atoms with E-state index in [-0.39, 0.29) is 16.7 Å². The van der Waals surface area contributed by atoms with E-state index in [2.05, 4.69) is 4.74 Å². The molecule has 0 heterocycles. The van der Waals surface area contributed by atoms with Crippen LogP contribution >= 0.6 is 0 Å². The van der Waals surface area contributed by atoms with E-state index in [1.165, 1.54) is 14.2 Å². The number of methoxy groups -OCH3 is 1. The first kappa shape index (κ1) is 16.5. The lowest BCUT2D eigenvalue weighted by Crippen LogP contribution is -2.35. The zero-order chi connectivity index (χ0) is 15.6. The Kier molecular flexibility index (Phi) is 4.81. The Labute approximate surface area is 120 Å². The normalized spacial score (nSPS) is 12.1. The minimum Gasteiger partial charge on any atom is -0.465 e. The number of sulfonamides is 1. The number of hydrogen-bond donors (Lipinski definition) is 0. The predicted molar refractivity (Wildman–Crippen MR) is 79.4 cm³/mol. The molecule has 0 N–H and O–H groups in total. The van der Waals surface area contributed by atoms with Crippen LogP contribution in [0.15, 0.2) is 24.3 Å². The number of benzene rings is 1. The van der Waals surface area contributed by atoms with Gasteiger partial charge >= 0.3 is 5.97 Å². The van der Waals surface area contributed by atoms with Crippen LogP contribution in [0.4, 0.5) is 5.69 Å². The molecule has 0 atom stereocenters. The number of nitrogens with zero attached hydrogens (tertiary/aromatic N) is 1. The highest BCUT2D eigenvalue weighted by Crippen LogP contribution is 2.26. The highest BCUT2D eigenvalue weighted by atomic mass is 32.2. The Balaban J connectivity index is 3.22. The van der Waals surface area contributed by atoms with Gasteiger partial charge in [0, 0.05) is 7.05 Å². The van der Waals surface area contributed by atoms with Crippen molar-refractivity contribution >= 4 is 21.7 Å². The van der Waals surface area contributed by atoms with Gasteiger partial charge in [0.2, 0.25) is 10.0 Å². The number of para-hydroxylation sites is 1. The van der Waals surface area contributed by atoms with E-state index < -0.39 is 16.0 Å². The van der Waals surface area contributed by atoms with Crippen LogP contribution in [0, 0.1) is 5.41 Å². The third-order valence-corrected chi connectivity index (χ3v) is 4.94. The molecule has 0 aliphatic heterocycles. The molecule has 0 saturated heterocycles. The first-order valence-electron chi connectivity index (χ1n) is 6.22. The largest absolute Gasteiger partial charge is 0.465 e. The molecular formula is C14H21NO4S. The number of rotatable bonds is 4. The van der Waals surface area contributed by atoms with Crippen molar-refractivity contribution in [2.75, 3.05) is 24.2 Å². The van der Waals surface area contributed by atoms with E-state index >= 15 is 0 Å². The third-order valence-electron chi connectivity index (χ3n) is 2.68. The lowest BCUT2D eigenvalue weighted by atomic mass is 10.0. The fourth-order valence-electron chi connectivity index (χ4n) is 1.82. The lowest BCUT2D eigenvalue weighted by Gasteiger charge is -2.26. The molecule has 0 spiro atoms. The molecule has 0 saturated carbocycles. The number of ether oxygens (including phenoxy) is 1. The molecule has 5 nitrogen and oxygen atoms in total. The number of carbonyl (C=O) groups is 1. The first-order valence-corrected chi connectivity index (χ1v) is 7.83. The van der Waals surface area contributed by atoms with E-state index in [4.69, 9.17) is 0 Å². The number of carbonyl (C=O) groups excluding carboxylic acids is 1. The molecular weight excluding hydrogens is 278 g/mol. The molecule has 0 unspecified atom stereocenters. The van der Waals surface area contributed by atoms with Gasteiger partial charge in [-0.1, -0.05) is 32.9 Å². The molecule has 0 bridgehead atoms. The molecule has 0 amide bonds. The molecule has 6 heteroatoms. The van der Waals surface area contributed by atoms with Crippen molar-refractivity contribution in [1.29, 1.82) is 0 Å². The third kappa shape index (κ3) is 3.96. The monoisotopic (exact) mass is 299 g/mol. The minimum atomic E-state index is -3.51. The molecule has 0 aromatic heterocycles. The summed E-state index contributed by atoms with van der Waals surface area (Å²) >= 11 is 0. The van der Waals surface area contributed by atoms with Crippen LogP contribution in [0.5, 0.6) is 0 Å². The Morgan fingerprint density at radius 3 is 2.30 bits per heavy atom. The van der Waals surface area contributed by atoms with Crippen molar-refractivity contribution in [3.05, 3.63) is 29.8 Å². The molecule has 20 heavy (non-hydrogen) atoms. The Morgan fingerprint density at radius 2 is 1.80 bits per heavy atom. The van der Waals surface area contributed by atoms with Gasteiger partial charge in [0.05, 0.1) is 24.1 Å². The van der Waals surface area contributed by atoms with Crippen LogP contribution in [0.3, 0.4) is 0 Å². The Morgan fingerprint density at radius 1 is 1.25 bits per heavy atom. The standard InChI is InChI=1S/C14H21NO4S/c1-14(2,3)10-20(17,18)15(4)12-9-7-6-8-11(12)13(16)19-5/h6-9H,10H2,1-5H3. The van der Waals surface area contributed by atoms with Gasteiger partial charge in [-0.15, -0.1) is 0 Å². The summed E-state index contributed by atoms with van der Waals surface area (Å²) in [6.07, 6.45) is 0. The van der Waals surface area contributed by atoms with Crippen LogP contribution in [-0.2, 0) is 14.8 Å². The summed E-state index contributed by atoms with van der Waals surface area (Å²) in [6, 6.07) is 6.49. The maximum Gasteiger partial charge on any atom is 0.340 e. The van der Waals surface area contributed by atoms with Crippen LogP contribution in [0.1, 0.15) is 31.1 Å². The Bertz CT molecular complexity index is 587. The summed E-state index contributed by atoms with van der Waals surface area (Å²) < 4.78 is 30.6. The van der Waals surface area contributed by atoms with E-state index in [9.17, 15) is 13.2 Å². The average Bonchev–Trinajstić information content (AvgIpc) is 2.34. The highest BCUT2D eigenvalue weighted by Gasteiger charge is 2.28. The van der Waals surface area contributed by atoms with Crippen molar-refractivity contribution < 1.29 is 17.9 Å². The highest BCUT2D eigenvalue weighted by molar-refractivity contribution is 7.92. The average molecular weight is 299 g/mol. The van der Waals surface area contributed by atoms with Gasteiger partial charge in [0.15, 0.2) is 0 Å². The lowest BCUT2D eigenvalue weighted by molar-refractivity contribution is 0.0601. The van der Waals surface area contributed by atoms with E-state index in [1.807, 2.05) is 20.8 Å². The summed E-state index contributed by atoms with van der Waals surface area (Å²) in [5, 5.41) is 0. The van der Waals surface area contributed by atoms with Crippen LogP contribution < -0.4 is 4.31 Å². The second-order valence-corrected chi connectivity index (χ2v) is 7.79. The smallest absolute Gasteiger partial charge is 0.340 e. The number of anilines is 1. The molecule has 1 aromatic rings. The zero-order valence-electron chi connectivity index (χ0n) is 12.5. The predicted octanol–water partition coefficient (Wildman–Crippen LogP) is 2.29. The second kappa shape index (κ2) is 5.83. The van der Waals surface area contributed by atoms with Crippen LogP contribution in [-0.4, -0.2) is 34.3 Å². The fraction of sp³-hybridized carbons (Fsp3) is 0.500. The van der Waals surface area contributed by atoms with Crippen molar-refractivity contribution in [2.45, 2.75) is 20.8 Å². The van der Waals surface area contributed by atoms with Gasteiger partial charge in [-0.05, 0) is 17.5 Å². The summed E-state index contributed by atoms with van der Waals surface area (Å²) in [4.78, 5) is 11.7. The number of hydrogen-bond acceptors (Lipinski definition) is 4. The number of esters is 1. The summed E-state index contributed by atoms with van der Waals surface area (Å²) in [6.45, 7) is 5.56. The maximum atomic E-state index is 12.4. The zero-order valence-corrected chi connectivity index (χ0v) is 13.3. The Hall–Kier alpha value is -1.56. The molecule has 0 aliphatic rings. The molecule has 1 aromatic carbocycles. The van der Waals surface area contributed by atoms with Gasteiger partial charge in [-0.25, -0.2) is 13.2 Å². The van der Waals surface area contributed by atoms with Gasteiger partial charge in [0.25, 0.3) is 0 Å². The molecule has 0 aliphatic carbocycles. The molecule has 0 fully saturated rings. The summed E-state index contributed by atoms with van der Waals surface area (Å²) in [5.41, 5.74) is 0.186. The summed E-state index contributed by atoms with van der Waals surface area (Å²) in [5.74, 6) is -0.565.